The number of likely N-dealkylation sites (tertiary alicyclic amines) is 1. The van der Waals surface area contributed by atoms with Crippen LogP contribution in [0.4, 0.5) is 0 Å². The predicted molar refractivity (Wildman–Crippen MR) is 65.0 cm³/mol. The first-order chi connectivity index (χ1) is 7.01. The predicted octanol–water partition coefficient (Wildman–Crippen LogP) is 2.10. The Morgan fingerprint density at radius 2 is 1.93 bits per heavy atom. The highest BCUT2D eigenvalue weighted by molar-refractivity contribution is 5.01. The van der Waals surface area contributed by atoms with Crippen LogP contribution in [0.3, 0.4) is 0 Å². The summed E-state index contributed by atoms with van der Waals surface area (Å²) >= 11 is 0. The van der Waals surface area contributed by atoms with Crippen LogP contribution < -0.4 is 5.32 Å². The first-order valence-corrected chi connectivity index (χ1v) is 6.50. The number of rotatable bonds is 3. The SMILES string of the molecule is CC(C)C1CN(C(C)(C)C2CCCN2)C1. The summed E-state index contributed by atoms with van der Waals surface area (Å²) in [4.78, 5) is 2.67. The Morgan fingerprint density at radius 3 is 2.40 bits per heavy atom. The lowest BCUT2D eigenvalue weighted by Gasteiger charge is -2.53. The van der Waals surface area contributed by atoms with Crippen molar-refractivity contribution in [3.63, 3.8) is 0 Å². The molecule has 0 aromatic carbocycles. The largest absolute Gasteiger partial charge is 0.312 e. The molecule has 0 aliphatic carbocycles. The molecule has 2 nitrogen and oxygen atoms in total. The van der Waals surface area contributed by atoms with E-state index in [2.05, 4.69) is 37.9 Å². The zero-order chi connectivity index (χ0) is 11.1. The molecule has 2 fully saturated rings. The van der Waals surface area contributed by atoms with E-state index in [-0.39, 0.29) is 0 Å². The fourth-order valence-electron chi connectivity index (χ4n) is 2.91. The lowest BCUT2D eigenvalue weighted by atomic mass is 9.81. The summed E-state index contributed by atoms with van der Waals surface area (Å²) in [6.45, 7) is 13.4. The van der Waals surface area contributed by atoms with Gasteiger partial charge < -0.3 is 5.32 Å². The molecule has 88 valence electrons. The van der Waals surface area contributed by atoms with E-state index in [1.807, 2.05) is 0 Å². The number of nitrogens with one attached hydrogen (secondary N) is 1. The summed E-state index contributed by atoms with van der Waals surface area (Å²) in [5, 5.41) is 3.65. The zero-order valence-electron chi connectivity index (χ0n) is 10.7. The van der Waals surface area contributed by atoms with Crippen LogP contribution in [0, 0.1) is 11.8 Å². The highest BCUT2D eigenvalue weighted by atomic mass is 15.3. The van der Waals surface area contributed by atoms with E-state index in [1.54, 1.807) is 0 Å². The van der Waals surface area contributed by atoms with E-state index < -0.39 is 0 Å². The van der Waals surface area contributed by atoms with Gasteiger partial charge in [-0.3, -0.25) is 4.90 Å². The molecule has 0 amide bonds. The number of hydrogen-bond acceptors (Lipinski definition) is 2. The third-order valence-corrected chi connectivity index (χ3v) is 4.58. The summed E-state index contributed by atoms with van der Waals surface area (Å²) in [6.07, 6.45) is 2.71. The summed E-state index contributed by atoms with van der Waals surface area (Å²) in [5.74, 6) is 1.79. The van der Waals surface area contributed by atoms with Gasteiger partial charge in [0.2, 0.25) is 0 Å². The van der Waals surface area contributed by atoms with Gasteiger partial charge in [-0.15, -0.1) is 0 Å². The molecule has 0 spiro atoms. The van der Waals surface area contributed by atoms with Crippen LogP contribution in [0.15, 0.2) is 0 Å². The standard InChI is InChI=1S/C13H26N2/c1-10(2)11-8-15(9-11)13(3,4)12-6-5-7-14-12/h10-12,14H,5-9H2,1-4H3. The van der Waals surface area contributed by atoms with E-state index >= 15 is 0 Å². The maximum absolute atomic E-state index is 3.65. The molecule has 2 aliphatic heterocycles. The van der Waals surface area contributed by atoms with Crippen molar-refractivity contribution < 1.29 is 0 Å². The van der Waals surface area contributed by atoms with Crippen LogP contribution >= 0.6 is 0 Å². The Bertz CT molecular complexity index is 211. The second kappa shape index (κ2) is 4.06. The van der Waals surface area contributed by atoms with Crippen LogP contribution in [0.25, 0.3) is 0 Å². The van der Waals surface area contributed by atoms with E-state index in [0.717, 1.165) is 11.8 Å². The lowest BCUT2D eigenvalue weighted by molar-refractivity contribution is -0.0305. The third-order valence-electron chi connectivity index (χ3n) is 4.58. The molecule has 15 heavy (non-hydrogen) atoms. The quantitative estimate of drug-likeness (QED) is 0.767. The first-order valence-electron chi connectivity index (χ1n) is 6.50. The minimum Gasteiger partial charge on any atom is -0.312 e. The Labute approximate surface area is 94.4 Å². The topological polar surface area (TPSA) is 15.3 Å². The van der Waals surface area contributed by atoms with E-state index in [0.29, 0.717) is 11.6 Å². The van der Waals surface area contributed by atoms with Crippen LogP contribution in [-0.4, -0.2) is 36.1 Å². The molecule has 0 saturated carbocycles. The Kier molecular flexibility index (Phi) is 3.09. The van der Waals surface area contributed by atoms with Crippen molar-refractivity contribution in [3.05, 3.63) is 0 Å². The molecule has 1 unspecified atom stereocenters. The average Bonchev–Trinajstić information content (AvgIpc) is 2.50. The molecular formula is C13H26N2. The van der Waals surface area contributed by atoms with Gasteiger partial charge in [-0.2, -0.15) is 0 Å². The highest BCUT2D eigenvalue weighted by Crippen LogP contribution is 2.34. The van der Waals surface area contributed by atoms with Gasteiger partial charge >= 0.3 is 0 Å². The van der Waals surface area contributed by atoms with Gasteiger partial charge in [0.15, 0.2) is 0 Å². The second-order valence-electron chi connectivity index (χ2n) is 6.21. The molecule has 2 saturated heterocycles. The van der Waals surface area contributed by atoms with E-state index in [1.165, 1.54) is 32.5 Å². The van der Waals surface area contributed by atoms with Crippen LogP contribution in [0.2, 0.25) is 0 Å². The molecule has 2 aliphatic rings. The van der Waals surface area contributed by atoms with Gasteiger partial charge in [0.25, 0.3) is 0 Å². The molecule has 2 heterocycles. The molecule has 0 aromatic rings. The molecule has 1 atom stereocenters. The maximum Gasteiger partial charge on any atom is 0.0306 e. The normalized spacial score (nSPS) is 29.8. The molecule has 0 radical (unpaired) electrons. The maximum atomic E-state index is 3.65. The highest BCUT2D eigenvalue weighted by Gasteiger charge is 2.43. The van der Waals surface area contributed by atoms with Crippen molar-refractivity contribution >= 4 is 0 Å². The number of nitrogens with zero attached hydrogens (tertiary/aromatic N) is 1. The summed E-state index contributed by atoms with van der Waals surface area (Å²) < 4.78 is 0. The fourth-order valence-corrected chi connectivity index (χ4v) is 2.91. The minimum absolute atomic E-state index is 0.363. The van der Waals surface area contributed by atoms with Crippen LogP contribution in [0.5, 0.6) is 0 Å². The summed E-state index contributed by atoms with van der Waals surface area (Å²) in [5.41, 5.74) is 0.363. The Hall–Kier alpha value is -0.0800. The van der Waals surface area contributed by atoms with Crippen LogP contribution in [-0.2, 0) is 0 Å². The zero-order valence-corrected chi connectivity index (χ0v) is 10.7. The summed E-state index contributed by atoms with van der Waals surface area (Å²) in [7, 11) is 0. The molecule has 2 rings (SSSR count). The molecule has 2 heteroatoms. The lowest BCUT2D eigenvalue weighted by Crippen LogP contribution is -2.64. The molecular weight excluding hydrogens is 184 g/mol. The van der Waals surface area contributed by atoms with E-state index in [9.17, 15) is 0 Å². The number of hydrogen-bond donors (Lipinski definition) is 1. The monoisotopic (exact) mass is 210 g/mol. The van der Waals surface area contributed by atoms with Gasteiger partial charge in [-0.1, -0.05) is 13.8 Å². The van der Waals surface area contributed by atoms with Crippen molar-refractivity contribution in [2.45, 2.75) is 52.1 Å². The van der Waals surface area contributed by atoms with Crippen molar-refractivity contribution in [2.24, 2.45) is 11.8 Å². The average molecular weight is 210 g/mol. The van der Waals surface area contributed by atoms with E-state index in [4.69, 9.17) is 0 Å². The second-order valence-corrected chi connectivity index (χ2v) is 6.21. The smallest absolute Gasteiger partial charge is 0.0306 e. The molecule has 0 bridgehead atoms. The van der Waals surface area contributed by atoms with Crippen LogP contribution in [0.1, 0.15) is 40.5 Å². The van der Waals surface area contributed by atoms with Crippen molar-refractivity contribution in [3.8, 4) is 0 Å². The first kappa shape index (κ1) is 11.4. The third kappa shape index (κ3) is 2.07. The van der Waals surface area contributed by atoms with Gasteiger partial charge in [-0.25, -0.2) is 0 Å². The van der Waals surface area contributed by atoms with Gasteiger partial charge in [0.05, 0.1) is 0 Å². The fraction of sp³-hybridized carbons (Fsp3) is 1.00. The molecule has 0 aromatic heterocycles. The Morgan fingerprint density at radius 1 is 1.27 bits per heavy atom. The minimum atomic E-state index is 0.363. The molecule has 1 N–H and O–H groups in total. The van der Waals surface area contributed by atoms with Crippen molar-refractivity contribution in [1.29, 1.82) is 0 Å². The summed E-state index contributed by atoms with van der Waals surface area (Å²) in [6, 6.07) is 0.714. The Balaban J connectivity index is 1.88. The van der Waals surface area contributed by atoms with Gasteiger partial charge in [0, 0.05) is 24.7 Å². The van der Waals surface area contributed by atoms with Gasteiger partial charge in [0.1, 0.15) is 0 Å². The van der Waals surface area contributed by atoms with Gasteiger partial charge in [-0.05, 0) is 45.1 Å². The van der Waals surface area contributed by atoms with Crippen molar-refractivity contribution in [1.82, 2.24) is 10.2 Å². The van der Waals surface area contributed by atoms with Crippen molar-refractivity contribution in [2.75, 3.05) is 19.6 Å².